The predicted molar refractivity (Wildman–Crippen MR) is 67.7 cm³/mol. The standard InChI is InChI=1S/C13H12FN5/c1-18-7-11(6-15-18)13-9-19(17-16-13)8-10-4-2-3-5-12(10)14/h2-7,9H,8H2,1H3. The van der Waals surface area contributed by atoms with Crippen LogP contribution in [0.25, 0.3) is 11.3 Å². The van der Waals surface area contributed by atoms with Crippen LogP contribution >= 0.6 is 0 Å². The summed E-state index contributed by atoms with van der Waals surface area (Å²) in [7, 11) is 1.84. The smallest absolute Gasteiger partial charge is 0.128 e. The van der Waals surface area contributed by atoms with Gasteiger partial charge < -0.3 is 0 Å². The molecule has 0 N–H and O–H groups in total. The van der Waals surface area contributed by atoms with Crippen LogP contribution in [0, 0.1) is 5.82 Å². The molecule has 0 unspecified atom stereocenters. The molecule has 0 spiro atoms. The number of halogens is 1. The van der Waals surface area contributed by atoms with Gasteiger partial charge in [-0.25, -0.2) is 9.07 Å². The van der Waals surface area contributed by atoms with Crippen molar-refractivity contribution in [3.05, 3.63) is 54.2 Å². The van der Waals surface area contributed by atoms with E-state index in [9.17, 15) is 4.39 Å². The number of aryl methyl sites for hydroxylation is 1. The van der Waals surface area contributed by atoms with Crippen molar-refractivity contribution < 1.29 is 4.39 Å². The monoisotopic (exact) mass is 257 g/mol. The summed E-state index contributed by atoms with van der Waals surface area (Å²) in [5.41, 5.74) is 2.21. The van der Waals surface area contributed by atoms with Gasteiger partial charge in [0.05, 0.1) is 18.9 Å². The molecule has 0 aliphatic carbocycles. The molecular formula is C13H12FN5. The first kappa shape index (κ1) is 11.6. The molecule has 1 aromatic carbocycles. The zero-order valence-corrected chi connectivity index (χ0v) is 10.4. The Hall–Kier alpha value is -2.50. The lowest BCUT2D eigenvalue weighted by molar-refractivity contribution is 0.577. The molecule has 0 amide bonds. The largest absolute Gasteiger partial charge is 0.275 e. The van der Waals surface area contributed by atoms with Gasteiger partial charge in [0, 0.05) is 24.4 Å². The minimum atomic E-state index is -0.235. The first-order chi connectivity index (χ1) is 9.22. The van der Waals surface area contributed by atoms with E-state index in [1.807, 2.05) is 13.2 Å². The van der Waals surface area contributed by atoms with E-state index < -0.39 is 0 Å². The highest BCUT2D eigenvalue weighted by Gasteiger charge is 2.07. The second-order valence-electron chi connectivity index (χ2n) is 4.30. The lowest BCUT2D eigenvalue weighted by atomic mass is 10.2. The van der Waals surface area contributed by atoms with Gasteiger partial charge in [-0.1, -0.05) is 23.4 Å². The van der Waals surface area contributed by atoms with E-state index in [1.165, 1.54) is 6.07 Å². The fraction of sp³-hybridized carbons (Fsp3) is 0.154. The molecule has 0 saturated heterocycles. The van der Waals surface area contributed by atoms with Gasteiger partial charge >= 0.3 is 0 Å². The van der Waals surface area contributed by atoms with Crippen LogP contribution in [0.15, 0.2) is 42.9 Å². The van der Waals surface area contributed by atoms with Crippen molar-refractivity contribution in [2.24, 2.45) is 7.05 Å². The van der Waals surface area contributed by atoms with Crippen molar-refractivity contribution >= 4 is 0 Å². The second kappa shape index (κ2) is 4.64. The Morgan fingerprint density at radius 2 is 2.05 bits per heavy atom. The van der Waals surface area contributed by atoms with Crippen molar-refractivity contribution in [2.45, 2.75) is 6.54 Å². The van der Waals surface area contributed by atoms with Crippen LogP contribution in [0.3, 0.4) is 0 Å². The van der Waals surface area contributed by atoms with Crippen LogP contribution in [-0.4, -0.2) is 24.8 Å². The Kier molecular flexibility index (Phi) is 2.83. The van der Waals surface area contributed by atoms with Gasteiger partial charge in [-0.3, -0.25) is 4.68 Å². The topological polar surface area (TPSA) is 48.5 Å². The molecule has 19 heavy (non-hydrogen) atoms. The summed E-state index contributed by atoms with van der Waals surface area (Å²) in [6.07, 6.45) is 5.36. The summed E-state index contributed by atoms with van der Waals surface area (Å²) in [6, 6.07) is 6.65. The van der Waals surface area contributed by atoms with Crippen molar-refractivity contribution in [3.8, 4) is 11.3 Å². The fourth-order valence-corrected chi connectivity index (χ4v) is 1.86. The summed E-state index contributed by atoms with van der Waals surface area (Å²) in [4.78, 5) is 0. The fourth-order valence-electron chi connectivity index (χ4n) is 1.86. The Morgan fingerprint density at radius 1 is 1.21 bits per heavy atom. The molecule has 2 heterocycles. The van der Waals surface area contributed by atoms with Crippen LogP contribution in [0.5, 0.6) is 0 Å². The van der Waals surface area contributed by atoms with Crippen LogP contribution in [0.1, 0.15) is 5.56 Å². The van der Waals surface area contributed by atoms with Crippen LogP contribution in [0.4, 0.5) is 4.39 Å². The zero-order valence-electron chi connectivity index (χ0n) is 10.4. The zero-order chi connectivity index (χ0) is 13.2. The number of rotatable bonds is 3. The third-order valence-electron chi connectivity index (χ3n) is 2.83. The molecule has 0 fully saturated rings. The molecule has 0 aliphatic heterocycles. The molecule has 96 valence electrons. The van der Waals surface area contributed by atoms with E-state index in [-0.39, 0.29) is 5.82 Å². The summed E-state index contributed by atoms with van der Waals surface area (Å²) in [6.45, 7) is 0.361. The first-order valence-electron chi connectivity index (χ1n) is 5.85. The Labute approximate surface area is 109 Å². The summed E-state index contributed by atoms with van der Waals surface area (Å²) >= 11 is 0. The van der Waals surface area contributed by atoms with E-state index in [0.717, 1.165) is 11.3 Å². The average molecular weight is 257 g/mol. The third-order valence-corrected chi connectivity index (χ3v) is 2.83. The van der Waals surface area contributed by atoms with E-state index in [2.05, 4.69) is 15.4 Å². The van der Waals surface area contributed by atoms with Gasteiger partial charge in [0.1, 0.15) is 11.5 Å². The number of hydrogen-bond acceptors (Lipinski definition) is 3. The molecule has 0 radical (unpaired) electrons. The molecule has 2 aromatic heterocycles. The van der Waals surface area contributed by atoms with Gasteiger partial charge in [0.15, 0.2) is 0 Å². The Morgan fingerprint density at radius 3 is 2.79 bits per heavy atom. The maximum Gasteiger partial charge on any atom is 0.128 e. The van der Waals surface area contributed by atoms with Crippen molar-refractivity contribution in [1.29, 1.82) is 0 Å². The van der Waals surface area contributed by atoms with Gasteiger partial charge in [-0.15, -0.1) is 5.10 Å². The SMILES string of the molecule is Cn1cc(-c2cn(Cc3ccccc3F)nn2)cn1. The van der Waals surface area contributed by atoms with Gasteiger partial charge in [0.25, 0.3) is 0 Å². The maximum absolute atomic E-state index is 13.5. The molecule has 6 heteroatoms. The lowest BCUT2D eigenvalue weighted by Crippen LogP contribution is -2.02. The third kappa shape index (κ3) is 2.37. The van der Waals surface area contributed by atoms with Crippen LogP contribution in [0.2, 0.25) is 0 Å². The highest BCUT2D eigenvalue weighted by Crippen LogP contribution is 2.15. The van der Waals surface area contributed by atoms with E-state index in [0.29, 0.717) is 12.1 Å². The summed E-state index contributed by atoms with van der Waals surface area (Å²) in [5, 5.41) is 12.1. The first-order valence-corrected chi connectivity index (χ1v) is 5.85. The highest BCUT2D eigenvalue weighted by molar-refractivity contribution is 5.54. The van der Waals surface area contributed by atoms with E-state index in [4.69, 9.17) is 0 Å². The van der Waals surface area contributed by atoms with E-state index >= 15 is 0 Å². The Bertz CT molecular complexity index is 700. The van der Waals surface area contributed by atoms with Crippen molar-refractivity contribution in [3.63, 3.8) is 0 Å². The molecule has 0 aliphatic rings. The second-order valence-corrected chi connectivity index (χ2v) is 4.30. The number of aromatic nitrogens is 5. The molecule has 0 bridgehead atoms. The quantitative estimate of drug-likeness (QED) is 0.719. The lowest BCUT2D eigenvalue weighted by Gasteiger charge is -2.01. The molecular weight excluding hydrogens is 245 g/mol. The van der Waals surface area contributed by atoms with E-state index in [1.54, 1.807) is 40.0 Å². The van der Waals surface area contributed by atoms with Crippen LogP contribution < -0.4 is 0 Å². The molecule has 3 aromatic rings. The van der Waals surface area contributed by atoms with Crippen LogP contribution in [-0.2, 0) is 13.6 Å². The van der Waals surface area contributed by atoms with Gasteiger partial charge in [-0.2, -0.15) is 5.10 Å². The maximum atomic E-state index is 13.5. The normalized spacial score (nSPS) is 10.8. The van der Waals surface area contributed by atoms with Crippen molar-refractivity contribution in [1.82, 2.24) is 24.8 Å². The Balaban J connectivity index is 1.84. The molecule has 0 atom stereocenters. The molecule has 0 saturated carbocycles. The minimum Gasteiger partial charge on any atom is -0.275 e. The highest BCUT2D eigenvalue weighted by atomic mass is 19.1. The summed E-state index contributed by atoms with van der Waals surface area (Å²) < 4.78 is 16.8. The molecule has 3 rings (SSSR count). The van der Waals surface area contributed by atoms with Crippen molar-refractivity contribution in [2.75, 3.05) is 0 Å². The number of benzene rings is 1. The minimum absolute atomic E-state index is 0.235. The number of nitrogens with zero attached hydrogens (tertiary/aromatic N) is 5. The van der Waals surface area contributed by atoms with Gasteiger partial charge in [-0.05, 0) is 6.07 Å². The average Bonchev–Trinajstić information content (AvgIpc) is 3.01. The molecule has 5 nitrogen and oxygen atoms in total. The predicted octanol–water partition coefficient (Wildman–Crippen LogP) is 1.87. The van der Waals surface area contributed by atoms with Gasteiger partial charge in [0.2, 0.25) is 0 Å². The number of hydrogen-bond donors (Lipinski definition) is 0. The summed E-state index contributed by atoms with van der Waals surface area (Å²) in [5.74, 6) is -0.235.